The van der Waals surface area contributed by atoms with Crippen LogP contribution in [0.3, 0.4) is 0 Å². The number of hydrogen-bond acceptors (Lipinski definition) is 7. The van der Waals surface area contributed by atoms with Gasteiger partial charge in [-0.15, -0.1) is 11.3 Å². The second-order valence-electron chi connectivity index (χ2n) is 6.84. The Balaban J connectivity index is 1.50. The van der Waals surface area contributed by atoms with Gasteiger partial charge in [-0.3, -0.25) is 9.69 Å². The summed E-state index contributed by atoms with van der Waals surface area (Å²) >= 11 is 1.21. The first kappa shape index (κ1) is 18.6. The van der Waals surface area contributed by atoms with Gasteiger partial charge in [0.2, 0.25) is 0 Å². The van der Waals surface area contributed by atoms with Crippen LogP contribution in [0.25, 0.3) is 10.2 Å². The lowest BCUT2D eigenvalue weighted by atomic mass is 10.2. The maximum Gasteiger partial charge on any atom is 0.348 e. The Morgan fingerprint density at radius 1 is 1.21 bits per heavy atom. The second kappa shape index (κ2) is 7.73. The molecule has 1 aliphatic rings. The summed E-state index contributed by atoms with van der Waals surface area (Å²) < 4.78 is 4.80. The third-order valence-electron chi connectivity index (χ3n) is 5.09. The number of H-pyrrole nitrogens is 1. The molecule has 0 amide bonds. The number of nitrogens with one attached hydrogen (secondary N) is 1. The van der Waals surface area contributed by atoms with Crippen molar-refractivity contribution in [2.45, 2.75) is 13.5 Å². The minimum Gasteiger partial charge on any atom is -0.465 e. The van der Waals surface area contributed by atoms with Crippen molar-refractivity contribution in [2.24, 2.45) is 0 Å². The molecule has 1 saturated heterocycles. The van der Waals surface area contributed by atoms with Crippen LogP contribution in [0.2, 0.25) is 0 Å². The third-order valence-corrected chi connectivity index (χ3v) is 6.25. The Hall–Kier alpha value is -2.71. The molecule has 1 fully saturated rings. The van der Waals surface area contributed by atoms with Crippen molar-refractivity contribution in [3.63, 3.8) is 0 Å². The monoisotopic (exact) mass is 398 g/mol. The molecule has 7 nitrogen and oxygen atoms in total. The Bertz CT molecular complexity index is 1050. The number of hydrogen-bond donors (Lipinski definition) is 1. The highest BCUT2D eigenvalue weighted by atomic mass is 32.1. The summed E-state index contributed by atoms with van der Waals surface area (Å²) in [5.41, 5.74) is 1.66. The number of methoxy groups -OCH3 is 1. The van der Waals surface area contributed by atoms with E-state index in [4.69, 9.17) is 4.74 Å². The standard InChI is InChI=1S/C20H22N4O3S/c1-13-16-18(25)21-15(22-19(16)28-17(13)20(26)27-2)12-23-8-10-24(11-9-23)14-6-4-3-5-7-14/h3-7H,8-12H2,1-2H3,(H,21,22,25). The fraction of sp³-hybridized carbons (Fsp3) is 0.350. The molecular formula is C20H22N4O3S. The van der Waals surface area contributed by atoms with E-state index in [1.165, 1.54) is 24.1 Å². The first-order valence-electron chi connectivity index (χ1n) is 9.20. The van der Waals surface area contributed by atoms with Gasteiger partial charge in [-0.25, -0.2) is 9.78 Å². The average molecular weight is 398 g/mol. The van der Waals surface area contributed by atoms with E-state index in [0.29, 0.717) is 33.0 Å². The van der Waals surface area contributed by atoms with Gasteiger partial charge in [0.05, 0.1) is 19.0 Å². The fourth-order valence-corrected chi connectivity index (χ4v) is 4.68. The van der Waals surface area contributed by atoms with Crippen molar-refractivity contribution in [3.8, 4) is 0 Å². The van der Waals surface area contributed by atoms with Gasteiger partial charge in [-0.1, -0.05) is 18.2 Å². The van der Waals surface area contributed by atoms with Gasteiger partial charge in [-0.2, -0.15) is 0 Å². The molecule has 28 heavy (non-hydrogen) atoms. The maximum atomic E-state index is 12.6. The van der Waals surface area contributed by atoms with Gasteiger partial charge < -0.3 is 14.6 Å². The van der Waals surface area contributed by atoms with E-state index in [-0.39, 0.29) is 5.56 Å². The zero-order valence-electron chi connectivity index (χ0n) is 15.9. The molecule has 2 aromatic heterocycles. The molecule has 1 aromatic carbocycles. The number of ether oxygens (including phenoxy) is 1. The summed E-state index contributed by atoms with van der Waals surface area (Å²) in [5, 5.41) is 0.475. The van der Waals surface area contributed by atoms with Gasteiger partial charge in [0.25, 0.3) is 5.56 Å². The van der Waals surface area contributed by atoms with Crippen molar-refractivity contribution in [1.82, 2.24) is 14.9 Å². The minimum atomic E-state index is -0.432. The molecular weight excluding hydrogens is 376 g/mol. The Morgan fingerprint density at radius 2 is 1.93 bits per heavy atom. The largest absolute Gasteiger partial charge is 0.465 e. The highest BCUT2D eigenvalue weighted by Crippen LogP contribution is 2.27. The number of benzene rings is 1. The van der Waals surface area contributed by atoms with E-state index in [1.54, 1.807) is 6.92 Å². The molecule has 3 aromatic rings. The molecule has 0 radical (unpaired) electrons. The number of rotatable bonds is 4. The topological polar surface area (TPSA) is 78.5 Å². The van der Waals surface area contributed by atoms with E-state index in [9.17, 15) is 9.59 Å². The summed E-state index contributed by atoms with van der Waals surface area (Å²) in [4.78, 5) is 37.6. The molecule has 4 rings (SSSR count). The fourth-order valence-electron chi connectivity index (χ4n) is 3.57. The lowest BCUT2D eigenvalue weighted by Crippen LogP contribution is -2.46. The number of carbonyl (C=O) groups is 1. The van der Waals surface area contributed by atoms with Crippen LogP contribution >= 0.6 is 11.3 Å². The van der Waals surface area contributed by atoms with E-state index in [2.05, 4.69) is 44.0 Å². The molecule has 146 valence electrons. The molecule has 1 N–H and O–H groups in total. The predicted octanol–water partition coefficient (Wildman–Crippen LogP) is 2.40. The number of fused-ring (bicyclic) bond motifs is 1. The number of esters is 1. The van der Waals surface area contributed by atoms with Crippen molar-refractivity contribution in [1.29, 1.82) is 0 Å². The Morgan fingerprint density at radius 3 is 2.61 bits per heavy atom. The smallest absolute Gasteiger partial charge is 0.348 e. The molecule has 0 aliphatic carbocycles. The number of anilines is 1. The van der Waals surface area contributed by atoms with Crippen LogP contribution in [0.5, 0.6) is 0 Å². The summed E-state index contributed by atoms with van der Waals surface area (Å²) in [6.45, 7) is 5.99. The van der Waals surface area contributed by atoms with Crippen LogP contribution in [-0.4, -0.2) is 54.1 Å². The quantitative estimate of drug-likeness (QED) is 0.680. The van der Waals surface area contributed by atoms with Crippen LogP contribution in [0.15, 0.2) is 35.1 Å². The second-order valence-corrected chi connectivity index (χ2v) is 7.84. The highest BCUT2D eigenvalue weighted by Gasteiger charge is 2.21. The maximum absolute atomic E-state index is 12.6. The SMILES string of the molecule is COC(=O)c1sc2nc(CN3CCN(c4ccccc4)CC3)[nH]c(=O)c2c1C. The number of thiophene rings is 1. The van der Waals surface area contributed by atoms with Crippen LogP contribution in [0.4, 0.5) is 5.69 Å². The third kappa shape index (κ3) is 3.53. The van der Waals surface area contributed by atoms with E-state index < -0.39 is 5.97 Å². The number of nitrogens with zero attached hydrogens (tertiary/aromatic N) is 3. The predicted molar refractivity (Wildman–Crippen MR) is 110 cm³/mol. The highest BCUT2D eigenvalue weighted by molar-refractivity contribution is 7.20. The van der Waals surface area contributed by atoms with Gasteiger partial charge in [0.15, 0.2) is 0 Å². The van der Waals surface area contributed by atoms with Crippen molar-refractivity contribution >= 4 is 33.2 Å². The van der Waals surface area contributed by atoms with E-state index in [0.717, 1.165) is 26.2 Å². The molecule has 0 atom stereocenters. The lowest BCUT2D eigenvalue weighted by Gasteiger charge is -2.35. The van der Waals surface area contributed by atoms with Crippen molar-refractivity contribution in [2.75, 3.05) is 38.2 Å². The van der Waals surface area contributed by atoms with Crippen LogP contribution in [0, 0.1) is 6.92 Å². The number of aromatic amines is 1. The number of carbonyl (C=O) groups excluding carboxylic acids is 1. The van der Waals surface area contributed by atoms with Crippen molar-refractivity contribution in [3.05, 3.63) is 57.0 Å². The number of para-hydroxylation sites is 1. The first-order chi connectivity index (χ1) is 13.6. The summed E-state index contributed by atoms with van der Waals surface area (Å²) in [6.07, 6.45) is 0. The molecule has 8 heteroatoms. The normalized spacial score (nSPS) is 15.1. The van der Waals surface area contributed by atoms with E-state index >= 15 is 0 Å². The zero-order chi connectivity index (χ0) is 19.7. The average Bonchev–Trinajstić information content (AvgIpc) is 3.05. The van der Waals surface area contributed by atoms with Crippen LogP contribution in [0.1, 0.15) is 21.1 Å². The summed E-state index contributed by atoms with van der Waals surface area (Å²) in [7, 11) is 1.34. The van der Waals surface area contributed by atoms with Crippen molar-refractivity contribution < 1.29 is 9.53 Å². The van der Waals surface area contributed by atoms with Gasteiger partial charge in [0, 0.05) is 31.9 Å². The van der Waals surface area contributed by atoms with E-state index in [1.807, 2.05) is 6.07 Å². The summed E-state index contributed by atoms with van der Waals surface area (Å²) in [6, 6.07) is 10.4. The Kier molecular flexibility index (Phi) is 5.15. The lowest BCUT2D eigenvalue weighted by molar-refractivity contribution is 0.0605. The van der Waals surface area contributed by atoms with Gasteiger partial charge in [-0.05, 0) is 24.6 Å². The van der Waals surface area contributed by atoms with Crippen LogP contribution in [-0.2, 0) is 11.3 Å². The molecule has 0 saturated carbocycles. The zero-order valence-corrected chi connectivity index (χ0v) is 16.7. The minimum absolute atomic E-state index is 0.202. The van der Waals surface area contributed by atoms with Gasteiger partial charge >= 0.3 is 5.97 Å². The summed E-state index contributed by atoms with van der Waals surface area (Å²) in [5.74, 6) is 0.196. The molecule has 0 spiro atoms. The molecule has 3 heterocycles. The number of aromatic nitrogens is 2. The molecule has 0 bridgehead atoms. The number of aryl methyl sites for hydroxylation is 1. The van der Waals surface area contributed by atoms with Crippen LogP contribution < -0.4 is 10.5 Å². The molecule has 1 aliphatic heterocycles. The molecule has 0 unspecified atom stereocenters. The Labute approximate surface area is 166 Å². The van der Waals surface area contributed by atoms with Gasteiger partial charge in [0.1, 0.15) is 15.5 Å². The first-order valence-corrected chi connectivity index (χ1v) is 10.0. The number of piperazine rings is 1.